The maximum atomic E-state index is 10.5. The first-order valence-corrected chi connectivity index (χ1v) is 6.46. The van der Waals surface area contributed by atoms with Crippen LogP contribution in [-0.4, -0.2) is 9.75 Å². The van der Waals surface area contributed by atoms with Crippen molar-refractivity contribution in [1.29, 1.82) is 0 Å². The highest BCUT2D eigenvalue weighted by atomic mass is 79.9. The van der Waals surface area contributed by atoms with E-state index in [9.17, 15) is 10.1 Å². The molecule has 2 rings (SSSR count). The molecule has 0 bridgehead atoms. The SMILES string of the molecule is O=[N+]([O-])c1ccc(CC2CCCC2Br)cc1. The van der Waals surface area contributed by atoms with Crippen molar-refractivity contribution in [1.82, 2.24) is 0 Å². The van der Waals surface area contributed by atoms with E-state index in [-0.39, 0.29) is 10.6 Å². The number of non-ortho nitro benzene ring substituents is 1. The second-order valence-corrected chi connectivity index (χ2v) is 5.51. The summed E-state index contributed by atoms with van der Waals surface area (Å²) in [5, 5.41) is 10.5. The van der Waals surface area contributed by atoms with Gasteiger partial charge in [-0.2, -0.15) is 0 Å². The first kappa shape index (κ1) is 11.6. The fourth-order valence-corrected chi connectivity index (χ4v) is 3.05. The predicted molar refractivity (Wildman–Crippen MR) is 66.9 cm³/mol. The van der Waals surface area contributed by atoms with Gasteiger partial charge in [0.25, 0.3) is 5.69 Å². The molecule has 1 fully saturated rings. The molecule has 1 saturated carbocycles. The molecule has 0 amide bonds. The molecule has 4 heteroatoms. The molecule has 0 saturated heterocycles. The molecule has 0 heterocycles. The summed E-state index contributed by atoms with van der Waals surface area (Å²) in [6.45, 7) is 0. The van der Waals surface area contributed by atoms with E-state index in [1.54, 1.807) is 12.1 Å². The Morgan fingerprint density at radius 1 is 1.31 bits per heavy atom. The second kappa shape index (κ2) is 4.95. The molecular weight excluding hydrogens is 270 g/mol. The molecule has 86 valence electrons. The molecule has 1 aromatic carbocycles. The van der Waals surface area contributed by atoms with Crippen molar-refractivity contribution < 1.29 is 4.92 Å². The van der Waals surface area contributed by atoms with Gasteiger partial charge in [0.05, 0.1) is 4.92 Å². The first-order chi connectivity index (χ1) is 7.66. The summed E-state index contributed by atoms with van der Waals surface area (Å²) in [6, 6.07) is 6.92. The maximum absolute atomic E-state index is 10.5. The molecule has 1 aliphatic rings. The Kier molecular flexibility index (Phi) is 3.59. The van der Waals surface area contributed by atoms with Crippen LogP contribution in [0.1, 0.15) is 24.8 Å². The number of nitro groups is 1. The van der Waals surface area contributed by atoms with Gasteiger partial charge >= 0.3 is 0 Å². The third-order valence-corrected chi connectivity index (χ3v) is 4.42. The summed E-state index contributed by atoms with van der Waals surface area (Å²) >= 11 is 3.69. The number of hydrogen-bond donors (Lipinski definition) is 0. The van der Waals surface area contributed by atoms with Gasteiger partial charge in [0.2, 0.25) is 0 Å². The summed E-state index contributed by atoms with van der Waals surface area (Å²) in [6.07, 6.45) is 4.81. The Morgan fingerprint density at radius 3 is 2.50 bits per heavy atom. The van der Waals surface area contributed by atoms with Gasteiger partial charge in [0.15, 0.2) is 0 Å². The van der Waals surface area contributed by atoms with E-state index in [0.29, 0.717) is 10.7 Å². The quantitative estimate of drug-likeness (QED) is 0.482. The van der Waals surface area contributed by atoms with Crippen LogP contribution in [0, 0.1) is 16.0 Å². The lowest BCUT2D eigenvalue weighted by Crippen LogP contribution is -2.09. The van der Waals surface area contributed by atoms with E-state index in [2.05, 4.69) is 15.9 Å². The summed E-state index contributed by atoms with van der Waals surface area (Å²) < 4.78 is 0. The monoisotopic (exact) mass is 283 g/mol. The molecule has 0 spiro atoms. The van der Waals surface area contributed by atoms with E-state index in [1.807, 2.05) is 12.1 Å². The number of halogens is 1. The number of nitro benzene ring substituents is 1. The van der Waals surface area contributed by atoms with Crippen LogP contribution in [0.3, 0.4) is 0 Å². The van der Waals surface area contributed by atoms with Crippen molar-refractivity contribution in [2.24, 2.45) is 5.92 Å². The standard InChI is InChI=1S/C12H14BrNO2/c13-12-3-1-2-10(12)8-9-4-6-11(7-5-9)14(15)16/h4-7,10,12H,1-3,8H2. The third-order valence-electron chi connectivity index (χ3n) is 3.21. The van der Waals surface area contributed by atoms with Crippen LogP contribution in [0.4, 0.5) is 5.69 Å². The minimum atomic E-state index is -0.355. The zero-order chi connectivity index (χ0) is 11.5. The molecule has 0 radical (unpaired) electrons. The van der Waals surface area contributed by atoms with Crippen molar-refractivity contribution in [3.8, 4) is 0 Å². The summed E-state index contributed by atoms with van der Waals surface area (Å²) in [4.78, 5) is 10.8. The number of hydrogen-bond acceptors (Lipinski definition) is 2. The molecule has 1 aromatic rings. The van der Waals surface area contributed by atoms with Crippen molar-refractivity contribution in [3.63, 3.8) is 0 Å². The van der Waals surface area contributed by atoms with E-state index >= 15 is 0 Å². The fraction of sp³-hybridized carbons (Fsp3) is 0.500. The molecular formula is C12H14BrNO2. The highest BCUT2D eigenvalue weighted by molar-refractivity contribution is 9.09. The summed E-state index contributed by atoms with van der Waals surface area (Å²) in [5.74, 6) is 0.682. The predicted octanol–water partition coefficient (Wildman–Crippen LogP) is 3.70. The van der Waals surface area contributed by atoms with Crippen LogP contribution in [0.25, 0.3) is 0 Å². The molecule has 3 nitrogen and oxygen atoms in total. The number of rotatable bonds is 3. The smallest absolute Gasteiger partial charge is 0.258 e. The fourth-order valence-electron chi connectivity index (χ4n) is 2.28. The maximum Gasteiger partial charge on any atom is 0.269 e. The zero-order valence-electron chi connectivity index (χ0n) is 8.93. The minimum absolute atomic E-state index is 0.172. The lowest BCUT2D eigenvalue weighted by atomic mass is 9.98. The van der Waals surface area contributed by atoms with E-state index < -0.39 is 0 Å². The van der Waals surface area contributed by atoms with Crippen LogP contribution >= 0.6 is 15.9 Å². The zero-order valence-corrected chi connectivity index (χ0v) is 10.5. The van der Waals surface area contributed by atoms with Crippen LogP contribution in [0.2, 0.25) is 0 Å². The average molecular weight is 284 g/mol. The van der Waals surface area contributed by atoms with Crippen molar-refractivity contribution in [2.75, 3.05) is 0 Å². The van der Waals surface area contributed by atoms with E-state index in [1.165, 1.54) is 24.8 Å². The minimum Gasteiger partial charge on any atom is -0.258 e. The highest BCUT2D eigenvalue weighted by Gasteiger charge is 2.24. The average Bonchev–Trinajstić information content (AvgIpc) is 2.65. The number of benzene rings is 1. The van der Waals surface area contributed by atoms with Crippen LogP contribution in [0.15, 0.2) is 24.3 Å². The van der Waals surface area contributed by atoms with Crippen molar-refractivity contribution >= 4 is 21.6 Å². The topological polar surface area (TPSA) is 43.1 Å². The van der Waals surface area contributed by atoms with Gasteiger partial charge in [-0.3, -0.25) is 10.1 Å². The van der Waals surface area contributed by atoms with Gasteiger partial charge in [-0.25, -0.2) is 0 Å². The van der Waals surface area contributed by atoms with Gasteiger partial charge in [0.1, 0.15) is 0 Å². The van der Waals surface area contributed by atoms with Crippen LogP contribution < -0.4 is 0 Å². The Labute approximate surface area is 103 Å². The molecule has 2 unspecified atom stereocenters. The molecule has 2 atom stereocenters. The van der Waals surface area contributed by atoms with Gasteiger partial charge in [-0.1, -0.05) is 34.5 Å². The van der Waals surface area contributed by atoms with Crippen LogP contribution in [0.5, 0.6) is 0 Å². The van der Waals surface area contributed by atoms with Gasteiger partial charge < -0.3 is 0 Å². The molecule has 0 aliphatic heterocycles. The van der Waals surface area contributed by atoms with Crippen molar-refractivity contribution in [2.45, 2.75) is 30.5 Å². The lowest BCUT2D eigenvalue weighted by molar-refractivity contribution is -0.384. The second-order valence-electron chi connectivity index (χ2n) is 4.33. The van der Waals surface area contributed by atoms with E-state index in [4.69, 9.17) is 0 Å². The normalized spacial score (nSPS) is 24.6. The number of nitrogens with zero attached hydrogens (tertiary/aromatic N) is 1. The van der Waals surface area contributed by atoms with Crippen LogP contribution in [-0.2, 0) is 6.42 Å². The first-order valence-electron chi connectivity index (χ1n) is 5.54. The molecule has 1 aliphatic carbocycles. The third kappa shape index (κ3) is 2.61. The van der Waals surface area contributed by atoms with E-state index in [0.717, 1.165) is 6.42 Å². The summed E-state index contributed by atoms with van der Waals surface area (Å²) in [7, 11) is 0. The lowest BCUT2D eigenvalue weighted by Gasteiger charge is -2.13. The van der Waals surface area contributed by atoms with Gasteiger partial charge in [-0.15, -0.1) is 0 Å². The number of alkyl halides is 1. The largest absolute Gasteiger partial charge is 0.269 e. The van der Waals surface area contributed by atoms with Crippen molar-refractivity contribution in [3.05, 3.63) is 39.9 Å². The van der Waals surface area contributed by atoms with Gasteiger partial charge in [-0.05, 0) is 30.7 Å². The van der Waals surface area contributed by atoms with Gasteiger partial charge in [0, 0.05) is 17.0 Å². The Balaban J connectivity index is 2.02. The Hall–Kier alpha value is -0.900. The Morgan fingerprint density at radius 2 is 2.00 bits per heavy atom. The highest BCUT2D eigenvalue weighted by Crippen LogP contribution is 2.34. The molecule has 0 N–H and O–H groups in total. The molecule has 16 heavy (non-hydrogen) atoms. The Bertz CT molecular complexity index is 377. The summed E-state index contributed by atoms with van der Waals surface area (Å²) in [5.41, 5.74) is 1.37. The molecule has 0 aromatic heterocycles.